The highest BCUT2D eigenvalue weighted by Crippen LogP contribution is 2.37. The molecule has 1 aromatic rings. The highest BCUT2D eigenvalue weighted by Gasteiger charge is 2.29. The van der Waals surface area contributed by atoms with Crippen molar-refractivity contribution in [2.24, 2.45) is 11.7 Å². The van der Waals surface area contributed by atoms with E-state index in [-0.39, 0.29) is 24.8 Å². The first kappa shape index (κ1) is 16.0. The van der Waals surface area contributed by atoms with Crippen LogP contribution in [0, 0.1) is 5.92 Å². The van der Waals surface area contributed by atoms with Crippen LogP contribution < -0.4 is 11.1 Å². The van der Waals surface area contributed by atoms with E-state index in [9.17, 15) is 9.59 Å². The molecule has 116 valence electrons. The van der Waals surface area contributed by atoms with Gasteiger partial charge in [0.15, 0.2) is 0 Å². The summed E-state index contributed by atoms with van der Waals surface area (Å²) in [6.07, 6.45) is 4.73. The zero-order chi connectivity index (χ0) is 15.2. The number of hydrogen-bond donors (Lipinski definition) is 3. The minimum absolute atomic E-state index is 0.0101. The molecule has 2 atom stereocenters. The third kappa shape index (κ3) is 4.54. The topological polar surface area (TPSA) is 92.4 Å². The lowest BCUT2D eigenvalue weighted by Gasteiger charge is -2.25. The zero-order valence-corrected chi connectivity index (χ0v) is 12.8. The summed E-state index contributed by atoms with van der Waals surface area (Å²) in [5, 5.41) is 13.7. The van der Waals surface area contributed by atoms with Gasteiger partial charge in [0, 0.05) is 11.3 Å². The van der Waals surface area contributed by atoms with Crippen molar-refractivity contribution in [1.29, 1.82) is 0 Å². The molecule has 21 heavy (non-hydrogen) atoms. The van der Waals surface area contributed by atoms with Crippen LogP contribution in [-0.4, -0.2) is 23.0 Å². The molecule has 0 aromatic carbocycles. The Morgan fingerprint density at radius 1 is 1.43 bits per heavy atom. The van der Waals surface area contributed by atoms with Crippen molar-refractivity contribution in [2.45, 2.75) is 50.6 Å². The molecule has 1 saturated carbocycles. The summed E-state index contributed by atoms with van der Waals surface area (Å²) in [5.41, 5.74) is 5.79. The molecule has 1 aromatic heterocycles. The third-order valence-electron chi connectivity index (χ3n) is 4.02. The maximum absolute atomic E-state index is 12.2. The van der Waals surface area contributed by atoms with Crippen molar-refractivity contribution in [1.82, 2.24) is 5.32 Å². The Morgan fingerprint density at radius 2 is 2.14 bits per heavy atom. The predicted octanol–water partition coefficient (Wildman–Crippen LogP) is 2.29. The summed E-state index contributed by atoms with van der Waals surface area (Å²) in [6, 6.07) is 3.27. The quantitative estimate of drug-likeness (QED) is 0.720. The van der Waals surface area contributed by atoms with Crippen LogP contribution in [-0.2, 0) is 9.59 Å². The number of nitrogens with two attached hydrogens (primary N) is 1. The van der Waals surface area contributed by atoms with Crippen LogP contribution in [0.25, 0.3) is 0 Å². The highest BCUT2D eigenvalue weighted by molar-refractivity contribution is 7.10. The van der Waals surface area contributed by atoms with Gasteiger partial charge < -0.3 is 16.2 Å². The van der Waals surface area contributed by atoms with Gasteiger partial charge in [-0.25, -0.2) is 0 Å². The Hall–Kier alpha value is -1.40. The van der Waals surface area contributed by atoms with Crippen molar-refractivity contribution in [3.05, 3.63) is 22.4 Å². The van der Waals surface area contributed by atoms with Crippen LogP contribution in [0.15, 0.2) is 17.5 Å². The van der Waals surface area contributed by atoms with Crippen LogP contribution >= 0.6 is 11.3 Å². The van der Waals surface area contributed by atoms with E-state index >= 15 is 0 Å². The lowest BCUT2D eigenvalue weighted by atomic mass is 9.96. The number of amides is 1. The number of carboxylic acid groups (broad SMARTS) is 1. The monoisotopic (exact) mass is 310 g/mol. The van der Waals surface area contributed by atoms with Crippen LogP contribution in [0.1, 0.15) is 49.4 Å². The third-order valence-corrected chi connectivity index (χ3v) is 4.98. The predicted molar refractivity (Wildman–Crippen MR) is 82.0 cm³/mol. The van der Waals surface area contributed by atoms with Crippen molar-refractivity contribution in [3.63, 3.8) is 0 Å². The van der Waals surface area contributed by atoms with Gasteiger partial charge in [-0.1, -0.05) is 18.9 Å². The van der Waals surface area contributed by atoms with Gasteiger partial charge in [-0.05, 0) is 36.6 Å². The van der Waals surface area contributed by atoms with Crippen molar-refractivity contribution in [2.75, 3.05) is 0 Å². The summed E-state index contributed by atoms with van der Waals surface area (Å²) >= 11 is 1.64. The summed E-state index contributed by atoms with van der Waals surface area (Å²) < 4.78 is 0. The minimum Gasteiger partial charge on any atom is -0.481 e. The average molecular weight is 310 g/mol. The van der Waals surface area contributed by atoms with Gasteiger partial charge in [-0.2, -0.15) is 0 Å². The second kappa shape index (κ2) is 7.56. The fourth-order valence-electron chi connectivity index (χ4n) is 2.85. The van der Waals surface area contributed by atoms with Crippen LogP contribution in [0.2, 0.25) is 0 Å². The maximum Gasteiger partial charge on any atom is 0.303 e. The number of carbonyl (C=O) groups is 2. The number of rotatable bonds is 7. The largest absolute Gasteiger partial charge is 0.481 e. The Bertz CT molecular complexity index is 469. The van der Waals surface area contributed by atoms with Gasteiger partial charge in [0.25, 0.3) is 0 Å². The smallest absolute Gasteiger partial charge is 0.303 e. The van der Waals surface area contributed by atoms with E-state index in [1.807, 2.05) is 17.5 Å². The molecular formula is C15H22N2O3S. The number of nitrogens with one attached hydrogen (secondary N) is 1. The maximum atomic E-state index is 12.2. The molecule has 0 aliphatic heterocycles. The van der Waals surface area contributed by atoms with Gasteiger partial charge in [0.05, 0.1) is 12.1 Å². The van der Waals surface area contributed by atoms with Crippen molar-refractivity contribution < 1.29 is 14.7 Å². The Kier molecular flexibility index (Phi) is 5.76. The Labute approximate surface area is 128 Å². The Balaban J connectivity index is 1.98. The number of carboxylic acids is 1. The molecule has 0 spiro atoms. The van der Waals surface area contributed by atoms with E-state index in [0.717, 1.165) is 17.7 Å². The van der Waals surface area contributed by atoms with E-state index < -0.39 is 12.0 Å². The molecule has 0 radical (unpaired) electrons. The number of thiophene rings is 1. The molecule has 1 amide bonds. The second-order valence-electron chi connectivity index (χ2n) is 5.59. The molecule has 0 bridgehead atoms. The fourth-order valence-corrected chi connectivity index (χ4v) is 3.72. The lowest BCUT2D eigenvalue weighted by molar-refractivity contribution is -0.137. The van der Waals surface area contributed by atoms with Crippen molar-refractivity contribution in [3.8, 4) is 0 Å². The fraction of sp³-hybridized carbons (Fsp3) is 0.600. The first-order valence-electron chi connectivity index (χ1n) is 7.39. The van der Waals surface area contributed by atoms with E-state index in [1.165, 1.54) is 12.8 Å². The standard InChI is InChI=1S/C15H22N2O3S/c16-11(7-8-13(18)19)15(20)17-14(10-4-1-2-5-10)12-6-3-9-21-12/h3,6,9-11,14H,1-2,4-5,7-8,16H2,(H,17,20)(H,18,19). The number of aliphatic carboxylic acids is 1. The summed E-state index contributed by atoms with van der Waals surface area (Å²) in [4.78, 5) is 23.9. The van der Waals surface area contributed by atoms with Gasteiger partial charge >= 0.3 is 5.97 Å². The SMILES string of the molecule is NC(CCC(=O)O)C(=O)NC(c1cccs1)C1CCCC1. The molecule has 2 rings (SSSR count). The average Bonchev–Trinajstić information content (AvgIpc) is 3.14. The number of carbonyl (C=O) groups excluding carboxylic acids is 1. The molecular weight excluding hydrogens is 288 g/mol. The summed E-state index contributed by atoms with van der Waals surface area (Å²) in [5.74, 6) is -0.718. The summed E-state index contributed by atoms with van der Waals surface area (Å²) in [7, 11) is 0. The molecule has 5 nitrogen and oxygen atoms in total. The molecule has 2 unspecified atom stereocenters. The first-order chi connectivity index (χ1) is 10.1. The van der Waals surface area contributed by atoms with E-state index in [0.29, 0.717) is 5.92 Å². The lowest BCUT2D eigenvalue weighted by Crippen LogP contribution is -2.43. The normalized spacial score (nSPS) is 18.3. The van der Waals surface area contributed by atoms with Gasteiger partial charge in [0.1, 0.15) is 0 Å². The van der Waals surface area contributed by atoms with Crippen molar-refractivity contribution >= 4 is 23.2 Å². The van der Waals surface area contributed by atoms with Gasteiger partial charge in [-0.15, -0.1) is 11.3 Å². The van der Waals surface area contributed by atoms with E-state index in [4.69, 9.17) is 10.8 Å². The molecule has 1 aliphatic carbocycles. The number of hydrogen-bond acceptors (Lipinski definition) is 4. The van der Waals surface area contributed by atoms with Crippen LogP contribution in [0.3, 0.4) is 0 Å². The first-order valence-corrected chi connectivity index (χ1v) is 8.27. The highest BCUT2D eigenvalue weighted by atomic mass is 32.1. The molecule has 1 heterocycles. The van der Waals surface area contributed by atoms with Crippen LogP contribution in [0.5, 0.6) is 0 Å². The second-order valence-corrected chi connectivity index (χ2v) is 6.56. The van der Waals surface area contributed by atoms with Gasteiger partial charge in [-0.3, -0.25) is 9.59 Å². The molecule has 6 heteroatoms. The molecule has 0 saturated heterocycles. The summed E-state index contributed by atoms with van der Waals surface area (Å²) in [6.45, 7) is 0. The Morgan fingerprint density at radius 3 is 2.71 bits per heavy atom. The molecule has 1 fully saturated rings. The minimum atomic E-state index is -0.927. The molecule has 1 aliphatic rings. The molecule has 4 N–H and O–H groups in total. The van der Waals surface area contributed by atoms with E-state index in [2.05, 4.69) is 5.32 Å². The van der Waals surface area contributed by atoms with E-state index in [1.54, 1.807) is 11.3 Å². The van der Waals surface area contributed by atoms with Crippen LogP contribution in [0.4, 0.5) is 0 Å². The zero-order valence-electron chi connectivity index (χ0n) is 12.0. The van der Waals surface area contributed by atoms with Gasteiger partial charge in [0.2, 0.25) is 5.91 Å².